The van der Waals surface area contributed by atoms with Gasteiger partial charge in [0.1, 0.15) is 11.5 Å². The molecule has 0 saturated heterocycles. The maximum absolute atomic E-state index is 10.8. The Balaban J connectivity index is 2.49. The fourth-order valence-corrected chi connectivity index (χ4v) is 2.85. The van der Waals surface area contributed by atoms with Crippen LogP contribution in [-0.2, 0) is 10.8 Å². The molecule has 0 aliphatic rings. The van der Waals surface area contributed by atoms with Crippen LogP contribution < -0.4 is 10.1 Å². The minimum absolute atomic E-state index is 0.144. The molecule has 0 atom stereocenters. The number of phenols is 1. The van der Waals surface area contributed by atoms with E-state index in [0.717, 1.165) is 28.3 Å². The van der Waals surface area contributed by atoms with Crippen LogP contribution >= 0.6 is 0 Å². The highest BCUT2D eigenvalue weighted by Crippen LogP contribution is 2.41. The number of rotatable bonds is 4. The van der Waals surface area contributed by atoms with Crippen LogP contribution in [0.25, 0.3) is 0 Å². The normalized spacial score (nSPS) is 12.1. The SMILES string of the molecule is CCOc1cccc(Nc2cc(C(C)(C)C)c(O)c(C(C)(C)C)c2)c1. The zero-order chi connectivity index (χ0) is 18.8. The Morgan fingerprint density at radius 1 is 0.880 bits per heavy atom. The lowest BCUT2D eigenvalue weighted by Gasteiger charge is -2.28. The molecular weight excluding hydrogens is 310 g/mol. The van der Waals surface area contributed by atoms with E-state index in [-0.39, 0.29) is 10.8 Å². The van der Waals surface area contributed by atoms with E-state index < -0.39 is 0 Å². The fourth-order valence-electron chi connectivity index (χ4n) is 2.85. The molecule has 2 aromatic carbocycles. The van der Waals surface area contributed by atoms with Crippen LogP contribution in [0.15, 0.2) is 36.4 Å². The molecule has 2 aromatic rings. The standard InChI is InChI=1S/C22H31NO2/c1-8-25-17-11-9-10-15(12-17)23-16-13-18(21(2,3)4)20(24)19(14-16)22(5,6)7/h9-14,23-24H,8H2,1-7H3. The molecule has 0 amide bonds. The van der Waals surface area contributed by atoms with Crippen molar-refractivity contribution in [3.05, 3.63) is 47.5 Å². The molecular formula is C22H31NO2. The lowest BCUT2D eigenvalue weighted by atomic mass is 9.79. The van der Waals surface area contributed by atoms with E-state index in [4.69, 9.17) is 4.74 Å². The summed E-state index contributed by atoms with van der Waals surface area (Å²) < 4.78 is 5.58. The molecule has 136 valence electrons. The van der Waals surface area contributed by atoms with Gasteiger partial charge in [-0.2, -0.15) is 0 Å². The van der Waals surface area contributed by atoms with E-state index in [1.807, 2.05) is 43.3 Å². The van der Waals surface area contributed by atoms with Crippen LogP contribution in [0.3, 0.4) is 0 Å². The second-order valence-electron chi connectivity index (χ2n) is 8.51. The maximum atomic E-state index is 10.8. The van der Waals surface area contributed by atoms with Crippen molar-refractivity contribution >= 4 is 11.4 Å². The molecule has 25 heavy (non-hydrogen) atoms. The first-order valence-corrected chi connectivity index (χ1v) is 8.90. The smallest absolute Gasteiger partial charge is 0.123 e. The number of ether oxygens (including phenoxy) is 1. The van der Waals surface area contributed by atoms with Gasteiger partial charge in [0.05, 0.1) is 6.61 Å². The number of nitrogens with one attached hydrogen (secondary N) is 1. The highest BCUT2D eigenvalue weighted by molar-refractivity contribution is 5.66. The zero-order valence-electron chi connectivity index (χ0n) is 16.5. The summed E-state index contributed by atoms with van der Waals surface area (Å²) in [6, 6.07) is 12.0. The molecule has 2 N–H and O–H groups in total. The maximum Gasteiger partial charge on any atom is 0.123 e. The molecule has 0 aromatic heterocycles. The zero-order valence-corrected chi connectivity index (χ0v) is 16.5. The number of hydrogen-bond acceptors (Lipinski definition) is 3. The van der Waals surface area contributed by atoms with Gasteiger partial charge >= 0.3 is 0 Å². The third kappa shape index (κ3) is 4.68. The van der Waals surface area contributed by atoms with E-state index in [2.05, 4.69) is 46.9 Å². The second kappa shape index (κ2) is 6.99. The van der Waals surface area contributed by atoms with Crippen molar-refractivity contribution in [1.29, 1.82) is 0 Å². The topological polar surface area (TPSA) is 41.5 Å². The third-order valence-corrected chi connectivity index (χ3v) is 4.16. The molecule has 3 heteroatoms. The van der Waals surface area contributed by atoms with E-state index in [9.17, 15) is 5.11 Å². The molecule has 2 rings (SSSR count). The lowest BCUT2D eigenvalue weighted by Crippen LogP contribution is -2.17. The number of hydrogen-bond donors (Lipinski definition) is 2. The van der Waals surface area contributed by atoms with Crippen molar-refractivity contribution in [3.8, 4) is 11.5 Å². The van der Waals surface area contributed by atoms with Crippen molar-refractivity contribution in [3.63, 3.8) is 0 Å². The quantitative estimate of drug-likeness (QED) is 0.657. The molecule has 0 bridgehead atoms. The van der Waals surface area contributed by atoms with Crippen LogP contribution in [0, 0.1) is 0 Å². The Kier molecular flexibility index (Phi) is 5.36. The average Bonchev–Trinajstić information content (AvgIpc) is 2.47. The Labute approximate surface area is 152 Å². The summed E-state index contributed by atoms with van der Waals surface area (Å²) in [6.45, 7) is 15.3. The van der Waals surface area contributed by atoms with Crippen LogP contribution in [0.5, 0.6) is 11.5 Å². The summed E-state index contributed by atoms with van der Waals surface area (Å²) >= 11 is 0. The Morgan fingerprint density at radius 3 is 1.92 bits per heavy atom. The monoisotopic (exact) mass is 341 g/mol. The van der Waals surface area contributed by atoms with Crippen LogP contribution in [0.4, 0.5) is 11.4 Å². The minimum atomic E-state index is -0.144. The first-order valence-electron chi connectivity index (χ1n) is 8.90. The van der Waals surface area contributed by atoms with E-state index in [0.29, 0.717) is 12.4 Å². The van der Waals surface area contributed by atoms with Crippen molar-refractivity contribution in [2.24, 2.45) is 0 Å². The summed E-state index contributed by atoms with van der Waals surface area (Å²) in [5.74, 6) is 1.24. The van der Waals surface area contributed by atoms with Gasteiger partial charge in [0.15, 0.2) is 0 Å². The largest absolute Gasteiger partial charge is 0.507 e. The molecule has 0 heterocycles. The molecule has 0 radical (unpaired) electrons. The van der Waals surface area contributed by atoms with E-state index in [1.165, 1.54) is 0 Å². The highest BCUT2D eigenvalue weighted by Gasteiger charge is 2.26. The van der Waals surface area contributed by atoms with Gasteiger partial charge in [0.2, 0.25) is 0 Å². The molecule has 0 saturated carbocycles. The molecule has 0 spiro atoms. The van der Waals surface area contributed by atoms with E-state index >= 15 is 0 Å². The van der Waals surface area contributed by atoms with Crippen LogP contribution in [-0.4, -0.2) is 11.7 Å². The first-order chi connectivity index (χ1) is 11.5. The summed E-state index contributed by atoms with van der Waals surface area (Å²) in [6.07, 6.45) is 0. The van der Waals surface area contributed by atoms with Gasteiger partial charge in [-0.1, -0.05) is 47.6 Å². The van der Waals surface area contributed by atoms with Gasteiger partial charge in [0, 0.05) is 28.6 Å². The van der Waals surface area contributed by atoms with Gasteiger partial charge in [0.25, 0.3) is 0 Å². The van der Waals surface area contributed by atoms with Crippen molar-refractivity contribution in [2.75, 3.05) is 11.9 Å². The minimum Gasteiger partial charge on any atom is -0.507 e. The van der Waals surface area contributed by atoms with Gasteiger partial charge in [-0.3, -0.25) is 0 Å². The van der Waals surface area contributed by atoms with Crippen LogP contribution in [0.1, 0.15) is 59.6 Å². The molecule has 0 fully saturated rings. The third-order valence-electron chi connectivity index (χ3n) is 4.16. The average molecular weight is 341 g/mol. The van der Waals surface area contributed by atoms with Crippen molar-refractivity contribution in [1.82, 2.24) is 0 Å². The van der Waals surface area contributed by atoms with E-state index in [1.54, 1.807) is 0 Å². The van der Waals surface area contributed by atoms with Crippen molar-refractivity contribution in [2.45, 2.75) is 59.3 Å². The van der Waals surface area contributed by atoms with Gasteiger partial charge < -0.3 is 15.2 Å². The lowest BCUT2D eigenvalue weighted by molar-refractivity contribution is 0.340. The fraction of sp³-hybridized carbons (Fsp3) is 0.455. The Hall–Kier alpha value is -2.16. The summed E-state index contributed by atoms with van der Waals surface area (Å²) in [5.41, 5.74) is 3.55. The molecule has 0 unspecified atom stereocenters. The molecule has 0 aliphatic carbocycles. The Bertz CT molecular complexity index is 701. The van der Waals surface area contributed by atoms with Crippen LogP contribution in [0.2, 0.25) is 0 Å². The molecule has 3 nitrogen and oxygen atoms in total. The summed E-state index contributed by atoms with van der Waals surface area (Å²) in [4.78, 5) is 0. The first kappa shape index (κ1) is 19.2. The Morgan fingerprint density at radius 2 is 1.44 bits per heavy atom. The predicted octanol–water partition coefficient (Wildman–Crippen LogP) is 6.13. The number of benzene rings is 2. The summed E-state index contributed by atoms with van der Waals surface area (Å²) in [5, 5.41) is 14.3. The summed E-state index contributed by atoms with van der Waals surface area (Å²) in [7, 11) is 0. The van der Waals surface area contributed by atoms with Gasteiger partial charge in [-0.05, 0) is 42.0 Å². The van der Waals surface area contributed by atoms with Gasteiger partial charge in [-0.25, -0.2) is 0 Å². The predicted molar refractivity (Wildman–Crippen MR) is 106 cm³/mol. The number of anilines is 2. The number of aromatic hydroxyl groups is 1. The highest BCUT2D eigenvalue weighted by atomic mass is 16.5. The molecule has 0 aliphatic heterocycles. The second-order valence-corrected chi connectivity index (χ2v) is 8.51. The van der Waals surface area contributed by atoms with Gasteiger partial charge in [-0.15, -0.1) is 0 Å². The number of phenolic OH excluding ortho intramolecular Hbond substituents is 1. The van der Waals surface area contributed by atoms with Crippen molar-refractivity contribution < 1.29 is 9.84 Å².